The number of benzene rings is 1. The molecular formula is C14H19BrN2O2. The van der Waals surface area contributed by atoms with Crippen molar-refractivity contribution >= 4 is 27.5 Å². The molecule has 1 unspecified atom stereocenters. The van der Waals surface area contributed by atoms with Gasteiger partial charge in [0.15, 0.2) is 0 Å². The van der Waals surface area contributed by atoms with Gasteiger partial charge in [-0.3, -0.25) is 9.69 Å². The molecule has 1 fully saturated rings. The number of amides is 1. The summed E-state index contributed by atoms with van der Waals surface area (Å²) in [5, 5.41) is 9.10. The summed E-state index contributed by atoms with van der Waals surface area (Å²) >= 11 is 3.53. The second-order valence-corrected chi connectivity index (χ2v) is 5.81. The average molecular weight is 327 g/mol. The molecule has 1 aliphatic heterocycles. The largest absolute Gasteiger partial charge is 0.396 e. The summed E-state index contributed by atoms with van der Waals surface area (Å²) in [5.74, 6) is 0.0624. The number of hydrogen-bond donors (Lipinski definition) is 1. The van der Waals surface area contributed by atoms with Crippen LogP contribution in [0.3, 0.4) is 0 Å². The van der Waals surface area contributed by atoms with Crippen molar-refractivity contribution in [2.75, 3.05) is 31.6 Å². The van der Waals surface area contributed by atoms with Crippen LogP contribution in [0.2, 0.25) is 0 Å². The second kappa shape index (κ2) is 6.03. The number of aryl methyl sites for hydroxylation is 1. The Labute approximate surface area is 122 Å². The van der Waals surface area contributed by atoms with E-state index in [1.807, 2.05) is 42.0 Å². The fourth-order valence-corrected chi connectivity index (χ4v) is 3.14. The first-order valence-corrected chi connectivity index (χ1v) is 7.22. The van der Waals surface area contributed by atoms with Crippen molar-refractivity contribution < 1.29 is 9.90 Å². The molecule has 1 atom stereocenters. The van der Waals surface area contributed by atoms with Crippen LogP contribution < -0.4 is 4.90 Å². The van der Waals surface area contributed by atoms with Crippen LogP contribution in [-0.4, -0.2) is 48.7 Å². The summed E-state index contributed by atoms with van der Waals surface area (Å²) in [6, 6.07) is 5.76. The molecule has 0 aliphatic carbocycles. The van der Waals surface area contributed by atoms with E-state index in [-0.39, 0.29) is 18.6 Å². The van der Waals surface area contributed by atoms with Gasteiger partial charge in [0.25, 0.3) is 0 Å². The van der Waals surface area contributed by atoms with Crippen molar-refractivity contribution in [2.24, 2.45) is 0 Å². The monoisotopic (exact) mass is 326 g/mol. The van der Waals surface area contributed by atoms with Gasteiger partial charge in [-0.2, -0.15) is 0 Å². The Morgan fingerprint density at radius 3 is 2.79 bits per heavy atom. The molecule has 1 heterocycles. The number of halogens is 1. The smallest absolute Gasteiger partial charge is 0.244 e. The molecule has 4 nitrogen and oxygen atoms in total. The van der Waals surface area contributed by atoms with Crippen LogP contribution in [0.1, 0.15) is 12.0 Å². The topological polar surface area (TPSA) is 43.8 Å². The third-order valence-electron chi connectivity index (χ3n) is 3.56. The van der Waals surface area contributed by atoms with Gasteiger partial charge in [0.05, 0.1) is 11.7 Å². The van der Waals surface area contributed by atoms with Crippen LogP contribution in [0.25, 0.3) is 0 Å². The van der Waals surface area contributed by atoms with Gasteiger partial charge in [0.2, 0.25) is 5.91 Å². The number of anilines is 1. The molecule has 1 aromatic rings. The molecule has 1 aliphatic rings. The maximum atomic E-state index is 12.5. The zero-order chi connectivity index (χ0) is 14.0. The van der Waals surface area contributed by atoms with Crippen LogP contribution in [-0.2, 0) is 4.79 Å². The number of carbonyl (C=O) groups excluding carboxylic acids is 1. The van der Waals surface area contributed by atoms with Gasteiger partial charge in [-0.15, -0.1) is 0 Å². The van der Waals surface area contributed by atoms with Crippen molar-refractivity contribution in [1.82, 2.24) is 4.90 Å². The Hall–Kier alpha value is -0.910. The van der Waals surface area contributed by atoms with Gasteiger partial charge >= 0.3 is 0 Å². The Kier molecular flexibility index (Phi) is 4.60. The highest BCUT2D eigenvalue weighted by Gasteiger charge is 2.33. The molecule has 0 aromatic heterocycles. The minimum atomic E-state index is -0.230. The molecule has 0 bridgehead atoms. The van der Waals surface area contributed by atoms with Crippen molar-refractivity contribution in [2.45, 2.75) is 19.4 Å². The van der Waals surface area contributed by atoms with Crippen molar-refractivity contribution in [3.63, 3.8) is 0 Å². The van der Waals surface area contributed by atoms with E-state index >= 15 is 0 Å². The molecule has 0 spiro atoms. The van der Waals surface area contributed by atoms with E-state index < -0.39 is 0 Å². The van der Waals surface area contributed by atoms with Crippen molar-refractivity contribution in [3.8, 4) is 0 Å². The number of hydrogen-bond acceptors (Lipinski definition) is 3. The van der Waals surface area contributed by atoms with Crippen molar-refractivity contribution in [3.05, 3.63) is 28.2 Å². The predicted molar refractivity (Wildman–Crippen MR) is 79.4 cm³/mol. The Morgan fingerprint density at radius 1 is 1.42 bits per heavy atom. The number of nitrogens with zero attached hydrogens (tertiary/aromatic N) is 2. The SMILES string of the molecule is Cc1ccc(N2CCN(C)C(CCO)C2=O)c(Br)c1. The lowest BCUT2D eigenvalue weighted by Crippen LogP contribution is -2.56. The summed E-state index contributed by atoms with van der Waals surface area (Å²) in [5.41, 5.74) is 2.07. The third-order valence-corrected chi connectivity index (χ3v) is 4.19. The van der Waals surface area contributed by atoms with Gasteiger partial charge in [-0.25, -0.2) is 0 Å². The lowest BCUT2D eigenvalue weighted by atomic mass is 10.1. The predicted octanol–water partition coefficient (Wildman–Crippen LogP) is 1.79. The standard InChI is InChI=1S/C14H19BrN2O2/c1-10-3-4-12(11(15)9-10)17-7-6-16(2)13(5-8-18)14(17)19/h3-4,9,13,18H,5-8H2,1-2H3. The summed E-state index contributed by atoms with van der Waals surface area (Å²) in [4.78, 5) is 16.3. The summed E-state index contributed by atoms with van der Waals surface area (Å²) in [6.45, 7) is 3.55. The molecule has 2 rings (SSSR count). The lowest BCUT2D eigenvalue weighted by Gasteiger charge is -2.38. The normalized spacial score (nSPS) is 20.9. The molecule has 104 valence electrons. The fourth-order valence-electron chi connectivity index (χ4n) is 2.43. The van der Waals surface area contributed by atoms with Gasteiger partial charge in [0, 0.05) is 24.2 Å². The highest BCUT2D eigenvalue weighted by molar-refractivity contribution is 9.10. The third kappa shape index (κ3) is 2.99. The summed E-state index contributed by atoms with van der Waals surface area (Å²) < 4.78 is 0.938. The molecule has 0 radical (unpaired) electrons. The number of piperazine rings is 1. The van der Waals surface area contributed by atoms with E-state index in [0.29, 0.717) is 13.0 Å². The quantitative estimate of drug-likeness (QED) is 0.920. The highest BCUT2D eigenvalue weighted by Crippen LogP contribution is 2.29. The van der Waals surface area contributed by atoms with Crippen LogP contribution in [0.5, 0.6) is 0 Å². The summed E-state index contributed by atoms with van der Waals surface area (Å²) in [6.07, 6.45) is 0.481. The number of aliphatic hydroxyl groups excluding tert-OH is 1. The van der Waals surface area contributed by atoms with E-state index in [4.69, 9.17) is 5.11 Å². The van der Waals surface area contributed by atoms with Crippen LogP contribution >= 0.6 is 15.9 Å². The van der Waals surface area contributed by atoms with E-state index in [1.54, 1.807) is 0 Å². The highest BCUT2D eigenvalue weighted by atomic mass is 79.9. The molecule has 1 N–H and O–H groups in total. The van der Waals surface area contributed by atoms with E-state index in [2.05, 4.69) is 15.9 Å². The molecule has 1 saturated heterocycles. The second-order valence-electron chi connectivity index (χ2n) is 4.95. The van der Waals surface area contributed by atoms with Gasteiger partial charge in [-0.05, 0) is 54.0 Å². The number of aliphatic hydroxyl groups is 1. The Balaban J connectivity index is 2.27. The van der Waals surface area contributed by atoms with Crippen LogP contribution in [0.15, 0.2) is 22.7 Å². The molecule has 19 heavy (non-hydrogen) atoms. The molecule has 1 aromatic carbocycles. The first-order valence-electron chi connectivity index (χ1n) is 6.43. The number of likely N-dealkylation sites (N-methyl/N-ethyl adjacent to an activating group) is 1. The average Bonchev–Trinajstić information content (AvgIpc) is 2.36. The molecular weight excluding hydrogens is 308 g/mol. The summed E-state index contributed by atoms with van der Waals surface area (Å²) in [7, 11) is 1.93. The first-order chi connectivity index (χ1) is 9.04. The number of carbonyl (C=O) groups is 1. The maximum absolute atomic E-state index is 12.5. The van der Waals surface area contributed by atoms with Gasteiger partial charge < -0.3 is 10.0 Å². The maximum Gasteiger partial charge on any atom is 0.244 e. The lowest BCUT2D eigenvalue weighted by molar-refractivity contribution is -0.125. The van der Waals surface area contributed by atoms with Crippen LogP contribution in [0.4, 0.5) is 5.69 Å². The van der Waals surface area contributed by atoms with Gasteiger partial charge in [0.1, 0.15) is 0 Å². The Morgan fingerprint density at radius 2 is 2.16 bits per heavy atom. The van der Waals surface area contributed by atoms with E-state index in [9.17, 15) is 4.79 Å². The zero-order valence-corrected chi connectivity index (χ0v) is 12.9. The fraction of sp³-hybridized carbons (Fsp3) is 0.500. The van der Waals surface area contributed by atoms with Crippen LogP contribution in [0, 0.1) is 6.92 Å². The number of rotatable bonds is 3. The minimum absolute atomic E-state index is 0.0314. The zero-order valence-electron chi connectivity index (χ0n) is 11.3. The van der Waals surface area contributed by atoms with Crippen molar-refractivity contribution in [1.29, 1.82) is 0 Å². The van der Waals surface area contributed by atoms with E-state index in [0.717, 1.165) is 22.3 Å². The molecule has 0 saturated carbocycles. The molecule has 1 amide bonds. The van der Waals surface area contributed by atoms with E-state index in [1.165, 1.54) is 0 Å². The first kappa shape index (κ1) is 14.5. The minimum Gasteiger partial charge on any atom is -0.396 e. The van der Waals surface area contributed by atoms with Gasteiger partial charge in [-0.1, -0.05) is 6.07 Å². The Bertz CT molecular complexity index is 479. The molecule has 5 heteroatoms.